The van der Waals surface area contributed by atoms with Crippen molar-refractivity contribution in [3.8, 4) is 0 Å². The minimum Gasteiger partial charge on any atom is -0.355 e. The number of benzene rings is 1. The highest BCUT2D eigenvalue weighted by Crippen LogP contribution is 2.26. The molecule has 2 aromatic rings. The summed E-state index contributed by atoms with van der Waals surface area (Å²) in [5.74, 6) is 1.05. The van der Waals surface area contributed by atoms with E-state index in [1.807, 2.05) is 6.07 Å². The molecule has 8 heteroatoms. The molecule has 2 N–H and O–H groups in total. The van der Waals surface area contributed by atoms with Gasteiger partial charge in [0, 0.05) is 37.0 Å². The molecule has 0 radical (unpaired) electrons. The van der Waals surface area contributed by atoms with E-state index in [2.05, 4.69) is 27.6 Å². The van der Waals surface area contributed by atoms with Gasteiger partial charge in [0.2, 0.25) is 11.8 Å². The number of carbonyl (C=O) groups is 2. The zero-order chi connectivity index (χ0) is 20.4. The molecule has 0 atom stereocenters. The third kappa shape index (κ3) is 4.47. The van der Waals surface area contributed by atoms with Gasteiger partial charge in [0.15, 0.2) is 0 Å². The van der Waals surface area contributed by atoms with Crippen molar-refractivity contribution in [2.75, 3.05) is 28.6 Å². The van der Waals surface area contributed by atoms with Crippen LogP contribution in [0.4, 0.5) is 17.2 Å². The number of aryl methyl sites for hydroxylation is 1. The van der Waals surface area contributed by atoms with Gasteiger partial charge in [-0.05, 0) is 48.9 Å². The van der Waals surface area contributed by atoms with E-state index < -0.39 is 0 Å². The van der Waals surface area contributed by atoms with Gasteiger partial charge in [0.25, 0.3) is 5.56 Å². The monoisotopic (exact) mass is 395 g/mol. The fourth-order valence-corrected chi connectivity index (χ4v) is 3.74. The van der Waals surface area contributed by atoms with Gasteiger partial charge in [-0.1, -0.05) is 13.0 Å². The van der Waals surface area contributed by atoms with Gasteiger partial charge in [-0.15, -0.1) is 0 Å². The Hall–Kier alpha value is -3.16. The first kappa shape index (κ1) is 19.2. The molecule has 2 aliphatic heterocycles. The van der Waals surface area contributed by atoms with Crippen LogP contribution < -0.4 is 21.1 Å². The van der Waals surface area contributed by atoms with Crippen molar-refractivity contribution in [1.82, 2.24) is 9.78 Å². The van der Waals surface area contributed by atoms with Crippen molar-refractivity contribution < 1.29 is 9.59 Å². The normalized spacial score (nSPS) is 16.9. The smallest absolute Gasteiger partial charge is 0.267 e. The summed E-state index contributed by atoms with van der Waals surface area (Å²) in [6.45, 7) is 3.88. The first-order valence-electron chi connectivity index (χ1n) is 10.0. The number of hydrogen-bond acceptors (Lipinski definition) is 5. The number of anilines is 3. The number of hydrogen-bond donors (Lipinski definition) is 2. The second kappa shape index (κ2) is 8.06. The van der Waals surface area contributed by atoms with Crippen LogP contribution >= 0.6 is 0 Å². The van der Waals surface area contributed by atoms with E-state index in [9.17, 15) is 14.4 Å². The van der Waals surface area contributed by atoms with E-state index in [1.165, 1.54) is 10.7 Å². The summed E-state index contributed by atoms with van der Waals surface area (Å²) in [5.41, 5.74) is 2.02. The number of nitrogens with zero attached hydrogens (tertiary/aromatic N) is 3. The number of piperidine rings is 1. The van der Waals surface area contributed by atoms with E-state index >= 15 is 0 Å². The van der Waals surface area contributed by atoms with Crippen molar-refractivity contribution in [2.24, 2.45) is 5.92 Å². The Kier molecular flexibility index (Phi) is 5.33. The molecule has 1 saturated heterocycles. The topological polar surface area (TPSA) is 96.3 Å². The summed E-state index contributed by atoms with van der Waals surface area (Å²) >= 11 is 0. The summed E-state index contributed by atoms with van der Waals surface area (Å²) in [5, 5.41) is 9.99. The number of fused-ring (bicyclic) bond motifs is 1. The van der Waals surface area contributed by atoms with Crippen molar-refractivity contribution in [3.63, 3.8) is 0 Å². The van der Waals surface area contributed by atoms with Gasteiger partial charge < -0.3 is 15.5 Å². The molecule has 0 saturated carbocycles. The van der Waals surface area contributed by atoms with Crippen molar-refractivity contribution >= 4 is 29.0 Å². The quantitative estimate of drug-likeness (QED) is 0.826. The van der Waals surface area contributed by atoms with Crippen molar-refractivity contribution in [3.05, 3.63) is 46.2 Å². The van der Waals surface area contributed by atoms with Crippen LogP contribution in [0, 0.1) is 5.92 Å². The van der Waals surface area contributed by atoms with Gasteiger partial charge in [-0.25, -0.2) is 4.68 Å². The molecule has 2 amide bonds. The average Bonchev–Trinajstić information content (AvgIpc) is 2.70. The lowest BCUT2D eigenvalue weighted by atomic mass is 9.99. The van der Waals surface area contributed by atoms with Crippen LogP contribution in [-0.2, 0) is 22.6 Å². The van der Waals surface area contributed by atoms with Crippen LogP contribution in [0.25, 0.3) is 0 Å². The first-order valence-corrected chi connectivity index (χ1v) is 10.0. The lowest BCUT2D eigenvalue weighted by Crippen LogP contribution is -2.36. The molecule has 0 unspecified atom stereocenters. The summed E-state index contributed by atoms with van der Waals surface area (Å²) in [4.78, 5) is 38.4. The summed E-state index contributed by atoms with van der Waals surface area (Å²) in [6.07, 6.45) is 3.35. The molecule has 4 rings (SSSR count). The zero-order valence-electron chi connectivity index (χ0n) is 16.5. The molecule has 29 heavy (non-hydrogen) atoms. The molecular weight excluding hydrogens is 370 g/mol. The Morgan fingerprint density at radius 1 is 1.17 bits per heavy atom. The largest absolute Gasteiger partial charge is 0.355 e. The maximum atomic E-state index is 12.5. The van der Waals surface area contributed by atoms with Crippen LogP contribution in [-0.4, -0.2) is 34.7 Å². The molecule has 8 nitrogen and oxygen atoms in total. The Morgan fingerprint density at radius 2 is 1.97 bits per heavy atom. The van der Waals surface area contributed by atoms with Gasteiger partial charge in [-0.3, -0.25) is 14.4 Å². The van der Waals surface area contributed by atoms with Crippen LogP contribution in [0.15, 0.2) is 35.1 Å². The molecular formula is C21H25N5O3. The van der Waals surface area contributed by atoms with E-state index in [4.69, 9.17) is 0 Å². The third-order valence-electron chi connectivity index (χ3n) is 5.54. The molecule has 2 aliphatic rings. The highest BCUT2D eigenvalue weighted by Gasteiger charge is 2.19. The van der Waals surface area contributed by atoms with Crippen LogP contribution in [0.2, 0.25) is 0 Å². The SMILES string of the molecule is CC1CCN(c2ccc(=O)n(CC(=O)Nc3ccc4c(c3)NC(=O)CC4)n2)CC1. The van der Waals surface area contributed by atoms with Gasteiger partial charge in [-0.2, -0.15) is 5.10 Å². The second-order valence-electron chi connectivity index (χ2n) is 7.83. The summed E-state index contributed by atoms with van der Waals surface area (Å²) in [6, 6.07) is 8.62. The molecule has 0 aliphatic carbocycles. The Bertz CT molecular complexity index is 992. The molecule has 1 fully saturated rings. The average molecular weight is 395 g/mol. The molecule has 1 aromatic heterocycles. The number of rotatable bonds is 4. The number of carbonyl (C=O) groups excluding carboxylic acids is 2. The minimum atomic E-state index is -0.342. The fourth-order valence-electron chi connectivity index (χ4n) is 3.74. The lowest BCUT2D eigenvalue weighted by molar-refractivity contribution is -0.117. The highest BCUT2D eigenvalue weighted by atomic mass is 16.2. The van der Waals surface area contributed by atoms with E-state index in [1.54, 1.807) is 18.2 Å². The zero-order valence-corrected chi connectivity index (χ0v) is 16.5. The number of aromatic nitrogens is 2. The number of amides is 2. The Labute approximate surface area is 168 Å². The fraction of sp³-hybridized carbons (Fsp3) is 0.429. The first-order chi connectivity index (χ1) is 14.0. The van der Waals surface area contributed by atoms with Crippen LogP contribution in [0.3, 0.4) is 0 Å². The third-order valence-corrected chi connectivity index (χ3v) is 5.54. The van der Waals surface area contributed by atoms with Crippen molar-refractivity contribution in [2.45, 2.75) is 39.2 Å². The predicted molar refractivity (Wildman–Crippen MR) is 111 cm³/mol. The van der Waals surface area contributed by atoms with Gasteiger partial charge >= 0.3 is 0 Å². The van der Waals surface area contributed by atoms with Gasteiger partial charge in [0.1, 0.15) is 12.4 Å². The van der Waals surface area contributed by atoms with E-state index in [0.717, 1.165) is 43.0 Å². The molecule has 0 spiro atoms. The standard InChI is InChI=1S/C21H25N5O3/c1-14-8-10-25(11-9-14)18-5-7-21(29)26(24-18)13-20(28)22-16-4-2-15-3-6-19(27)23-17(15)12-16/h2,4-5,7,12,14H,3,6,8-11,13H2,1H3,(H,22,28)(H,23,27). The number of nitrogens with one attached hydrogen (secondary N) is 2. The Morgan fingerprint density at radius 3 is 2.76 bits per heavy atom. The molecule has 3 heterocycles. The molecule has 0 bridgehead atoms. The second-order valence-corrected chi connectivity index (χ2v) is 7.83. The van der Waals surface area contributed by atoms with E-state index in [0.29, 0.717) is 24.4 Å². The maximum absolute atomic E-state index is 12.5. The van der Waals surface area contributed by atoms with Crippen molar-refractivity contribution in [1.29, 1.82) is 0 Å². The highest BCUT2D eigenvalue weighted by molar-refractivity contribution is 5.96. The lowest BCUT2D eigenvalue weighted by Gasteiger charge is -2.31. The summed E-state index contributed by atoms with van der Waals surface area (Å²) < 4.78 is 1.20. The minimum absolute atomic E-state index is 0.0272. The van der Waals surface area contributed by atoms with Crippen LogP contribution in [0.5, 0.6) is 0 Å². The summed E-state index contributed by atoms with van der Waals surface area (Å²) in [7, 11) is 0. The molecule has 1 aromatic carbocycles. The predicted octanol–water partition coefficient (Wildman–Crippen LogP) is 2.00. The Balaban J connectivity index is 1.44. The van der Waals surface area contributed by atoms with Crippen LogP contribution in [0.1, 0.15) is 31.7 Å². The molecule has 152 valence electrons. The maximum Gasteiger partial charge on any atom is 0.267 e. The van der Waals surface area contributed by atoms with E-state index in [-0.39, 0.29) is 23.9 Å². The van der Waals surface area contributed by atoms with Gasteiger partial charge in [0.05, 0.1) is 0 Å².